The largest absolute Gasteiger partial charge is 0.460 e. The van der Waals surface area contributed by atoms with Gasteiger partial charge in [-0.05, 0) is 60.7 Å². The lowest BCUT2D eigenvalue weighted by molar-refractivity contribution is 0.102. The summed E-state index contributed by atoms with van der Waals surface area (Å²) in [4.78, 5) is 16.9. The molecule has 4 rings (SSSR count). The van der Waals surface area contributed by atoms with Gasteiger partial charge in [0.25, 0.3) is 5.91 Å². The monoisotopic (exact) mass is 500 g/mol. The molecule has 0 unspecified atom stereocenters. The summed E-state index contributed by atoms with van der Waals surface area (Å²) in [5.74, 6) is -0.409. The maximum atomic E-state index is 13.4. The van der Waals surface area contributed by atoms with E-state index in [0.29, 0.717) is 39.4 Å². The quantitative estimate of drug-likeness (QED) is 0.316. The zero-order chi connectivity index (χ0) is 24.1. The molecule has 1 heterocycles. The van der Waals surface area contributed by atoms with Gasteiger partial charge in [-0.15, -0.1) is 5.10 Å². The summed E-state index contributed by atoms with van der Waals surface area (Å²) in [5.41, 5.74) is 2.11. The average Bonchev–Trinajstić information content (AvgIpc) is 3.25. The second kappa shape index (κ2) is 10.6. The van der Waals surface area contributed by atoms with Crippen molar-refractivity contribution in [2.24, 2.45) is 0 Å². The van der Waals surface area contributed by atoms with E-state index in [1.165, 1.54) is 24.3 Å². The molecule has 0 radical (unpaired) electrons. The van der Waals surface area contributed by atoms with Crippen LogP contribution in [0.2, 0.25) is 10.0 Å². The Bertz CT molecular complexity index is 1310. The van der Waals surface area contributed by atoms with Gasteiger partial charge in [-0.25, -0.2) is 9.07 Å². The third-order valence-electron chi connectivity index (χ3n) is 4.74. The lowest BCUT2D eigenvalue weighted by Gasteiger charge is -2.09. The second-order valence-corrected chi connectivity index (χ2v) is 7.93. The molecule has 0 aliphatic rings. The zero-order valence-electron chi connectivity index (χ0n) is 18.0. The van der Waals surface area contributed by atoms with Crippen molar-refractivity contribution in [3.63, 3.8) is 0 Å². The molecule has 10 heteroatoms. The van der Waals surface area contributed by atoms with E-state index in [4.69, 9.17) is 32.7 Å². The van der Waals surface area contributed by atoms with Gasteiger partial charge in [0.05, 0.1) is 22.3 Å². The molecule has 1 N–H and O–H groups in total. The third kappa shape index (κ3) is 5.53. The SMILES string of the molecule is COCCOc1nc(-c2ccc(Cl)c(Cl)c2)n(-c2ccc(NC(=O)c3cccc(F)c3)cc2)n1. The second-order valence-electron chi connectivity index (χ2n) is 7.11. The van der Waals surface area contributed by atoms with Gasteiger partial charge in [0.2, 0.25) is 0 Å². The molecule has 0 bridgehead atoms. The van der Waals surface area contributed by atoms with E-state index in [9.17, 15) is 9.18 Å². The number of nitrogens with one attached hydrogen (secondary N) is 1. The van der Waals surface area contributed by atoms with E-state index in [-0.39, 0.29) is 18.2 Å². The Morgan fingerprint density at radius 3 is 2.53 bits per heavy atom. The molecule has 4 aromatic rings. The number of ether oxygens (including phenoxy) is 2. The summed E-state index contributed by atoms with van der Waals surface area (Å²) in [6.45, 7) is 0.669. The van der Waals surface area contributed by atoms with Crippen molar-refractivity contribution in [3.8, 4) is 23.1 Å². The third-order valence-corrected chi connectivity index (χ3v) is 5.48. The fourth-order valence-corrected chi connectivity index (χ4v) is 3.39. The van der Waals surface area contributed by atoms with Gasteiger partial charge >= 0.3 is 6.01 Å². The average molecular weight is 501 g/mol. The number of hydrogen-bond acceptors (Lipinski definition) is 5. The van der Waals surface area contributed by atoms with Gasteiger partial charge in [0.1, 0.15) is 12.4 Å². The first-order valence-corrected chi connectivity index (χ1v) is 10.9. The Morgan fingerprint density at radius 1 is 1.03 bits per heavy atom. The molecule has 1 aromatic heterocycles. The van der Waals surface area contributed by atoms with Crippen LogP contribution in [0.5, 0.6) is 6.01 Å². The van der Waals surface area contributed by atoms with Crippen LogP contribution >= 0.6 is 23.2 Å². The predicted molar refractivity (Wildman–Crippen MR) is 129 cm³/mol. The highest BCUT2D eigenvalue weighted by Crippen LogP contribution is 2.30. The number of carbonyl (C=O) groups is 1. The van der Waals surface area contributed by atoms with Crippen molar-refractivity contribution in [2.45, 2.75) is 0 Å². The van der Waals surface area contributed by atoms with Gasteiger partial charge in [-0.3, -0.25) is 4.79 Å². The number of nitrogens with zero attached hydrogens (tertiary/aromatic N) is 3. The van der Waals surface area contributed by atoms with Crippen molar-refractivity contribution in [2.75, 3.05) is 25.6 Å². The van der Waals surface area contributed by atoms with Gasteiger partial charge in [-0.2, -0.15) is 4.98 Å². The minimum atomic E-state index is -0.479. The van der Waals surface area contributed by atoms with E-state index in [1.807, 2.05) is 0 Å². The van der Waals surface area contributed by atoms with E-state index in [2.05, 4.69) is 15.4 Å². The number of methoxy groups -OCH3 is 1. The fourth-order valence-electron chi connectivity index (χ4n) is 3.09. The molecule has 0 saturated heterocycles. The highest BCUT2D eigenvalue weighted by Gasteiger charge is 2.16. The molecule has 34 heavy (non-hydrogen) atoms. The van der Waals surface area contributed by atoms with Crippen LogP contribution in [0.15, 0.2) is 66.7 Å². The molecular weight excluding hydrogens is 482 g/mol. The van der Waals surface area contributed by atoms with Gasteiger partial charge in [-0.1, -0.05) is 29.3 Å². The Labute approximate surface area is 205 Å². The normalized spacial score (nSPS) is 10.8. The summed E-state index contributed by atoms with van der Waals surface area (Å²) >= 11 is 12.3. The van der Waals surface area contributed by atoms with Crippen molar-refractivity contribution in [1.29, 1.82) is 0 Å². The Balaban J connectivity index is 1.61. The van der Waals surface area contributed by atoms with Crippen LogP contribution in [0, 0.1) is 5.82 Å². The fraction of sp³-hybridized carbons (Fsp3) is 0.125. The van der Waals surface area contributed by atoms with Crippen molar-refractivity contribution in [1.82, 2.24) is 14.8 Å². The number of aromatic nitrogens is 3. The summed E-state index contributed by atoms with van der Waals surface area (Å²) in [6, 6.07) is 17.7. The van der Waals surface area contributed by atoms with Crippen LogP contribution < -0.4 is 10.1 Å². The number of halogens is 3. The molecule has 7 nitrogen and oxygen atoms in total. The summed E-state index contributed by atoms with van der Waals surface area (Å²) in [7, 11) is 1.57. The van der Waals surface area contributed by atoms with Crippen LogP contribution in [0.3, 0.4) is 0 Å². The highest BCUT2D eigenvalue weighted by molar-refractivity contribution is 6.42. The molecule has 3 aromatic carbocycles. The van der Waals surface area contributed by atoms with Gasteiger partial charge < -0.3 is 14.8 Å². The molecule has 0 aliphatic heterocycles. The van der Waals surface area contributed by atoms with Crippen LogP contribution in [-0.4, -0.2) is 41.0 Å². The Hall–Kier alpha value is -3.46. The number of rotatable bonds is 8. The van der Waals surface area contributed by atoms with E-state index in [1.54, 1.807) is 54.3 Å². The molecule has 0 aliphatic carbocycles. The molecule has 174 valence electrons. The topological polar surface area (TPSA) is 78.3 Å². The molecular formula is C24H19Cl2FN4O3. The van der Waals surface area contributed by atoms with Crippen LogP contribution in [0.4, 0.5) is 10.1 Å². The van der Waals surface area contributed by atoms with Gasteiger partial charge in [0.15, 0.2) is 5.82 Å². The minimum absolute atomic E-state index is 0.168. The number of amides is 1. The first-order valence-electron chi connectivity index (χ1n) is 10.2. The Morgan fingerprint density at radius 2 is 1.82 bits per heavy atom. The van der Waals surface area contributed by atoms with E-state index >= 15 is 0 Å². The van der Waals surface area contributed by atoms with Crippen LogP contribution in [0.1, 0.15) is 10.4 Å². The van der Waals surface area contributed by atoms with E-state index in [0.717, 1.165) is 0 Å². The van der Waals surface area contributed by atoms with Crippen LogP contribution in [-0.2, 0) is 4.74 Å². The number of carbonyl (C=O) groups excluding carboxylic acids is 1. The Kier molecular flexibility index (Phi) is 7.42. The summed E-state index contributed by atoms with van der Waals surface area (Å²) in [5, 5.41) is 8.00. The van der Waals surface area contributed by atoms with Gasteiger partial charge in [0, 0.05) is 23.9 Å². The molecule has 0 saturated carbocycles. The first-order chi connectivity index (χ1) is 16.4. The number of anilines is 1. The molecule has 0 fully saturated rings. The molecule has 0 spiro atoms. The lowest BCUT2D eigenvalue weighted by Crippen LogP contribution is -2.12. The smallest absolute Gasteiger partial charge is 0.336 e. The van der Waals surface area contributed by atoms with E-state index < -0.39 is 11.7 Å². The zero-order valence-corrected chi connectivity index (χ0v) is 19.5. The lowest BCUT2D eigenvalue weighted by atomic mass is 10.2. The van der Waals surface area contributed by atoms with Crippen molar-refractivity contribution < 1.29 is 18.7 Å². The van der Waals surface area contributed by atoms with Crippen molar-refractivity contribution in [3.05, 3.63) is 88.2 Å². The van der Waals surface area contributed by atoms with Crippen LogP contribution in [0.25, 0.3) is 17.1 Å². The molecule has 0 atom stereocenters. The summed E-state index contributed by atoms with van der Waals surface area (Å²) in [6.07, 6.45) is 0. The first kappa shape index (κ1) is 23.7. The number of hydrogen-bond donors (Lipinski definition) is 1. The highest BCUT2D eigenvalue weighted by atomic mass is 35.5. The number of benzene rings is 3. The minimum Gasteiger partial charge on any atom is -0.460 e. The van der Waals surface area contributed by atoms with Crippen molar-refractivity contribution >= 4 is 34.8 Å². The maximum Gasteiger partial charge on any atom is 0.336 e. The maximum absolute atomic E-state index is 13.4. The standard InChI is InChI=1S/C24H19Cl2FN4O3/c1-33-11-12-34-24-29-22(15-5-10-20(25)21(26)14-15)31(30-24)19-8-6-18(7-9-19)28-23(32)16-3-2-4-17(27)13-16/h2-10,13-14H,11-12H2,1H3,(H,28,32). The predicted octanol–water partition coefficient (Wildman–Crippen LogP) is 5.66. The summed E-state index contributed by atoms with van der Waals surface area (Å²) < 4.78 is 25.6. The molecule has 1 amide bonds.